The minimum absolute atomic E-state index is 0.00749. The van der Waals surface area contributed by atoms with Crippen molar-refractivity contribution in [3.8, 4) is 0 Å². The van der Waals surface area contributed by atoms with Crippen molar-refractivity contribution in [2.45, 2.75) is 11.4 Å². The Morgan fingerprint density at radius 1 is 1.42 bits per heavy atom. The van der Waals surface area contributed by atoms with Crippen LogP contribution in [0.2, 0.25) is 0 Å². The number of ketones is 1. The number of hydrogen-bond donors (Lipinski definition) is 0. The molecule has 0 fully saturated rings. The van der Waals surface area contributed by atoms with Crippen molar-refractivity contribution < 1.29 is 9.72 Å². The van der Waals surface area contributed by atoms with E-state index < -0.39 is 4.92 Å². The Morgan fingerprint density at radius 2 is 2.11 bits per heavy atom. The highest BCUT2D eigenvalue weighted by Crippen LogP contribution is 2.15. The molecule has 0 unspecified atom stereocenters. The van der Waals surface area contributed by atoms with E-state index in [1.165, 1.54) is 10.9 Å². The van der Waals surface area contributed by atoms with Gasteiger partial charge in [0.25, 0.3) is 0 Å². The molecule has 0 aliphatic carbocycles. The predicted octanol–water partition coefficient (Wildman–Crippen LogP) is 2.40. The molecular formula is C12H11N3O3S. The van der Waals surface area contributed by atoms with Gasteiger partial charge in [0, 0.05) is 10.5 Å². The fourth-order valence-electron chi connectivity index (χ4n) is 1.55. The van der Waals surface area contributed by atoms with Gasteiger partial charge in [0.15, 0.2) is 5.78 Å². The lowest BCUT2D eigenvalue weighted by atomic mass is 10.1. The Balaban J connectivity index is 2.08. The molecule has 0 aliphatic heterocycles. The summed E-state index contributed by atoms with van der Waals surface area (Å²) in [4.78, 5) is 23.0. The zero-order valence-corrected chi connectivity index (χ0v) is 11.0. The van der Waals surface area contributed by atoms with Crippen LogP contribution in [0.4, 0.5) is 5.69 Å². The number of benzene rings is 1. The molecule has 2 rings (SSSR count). The van der Waals surface area contributed by atoms with E-state index >= 15 is 0 Å². The van der Waals surface area contributed by atoms with Gasteiger partial charge in [-0.1, -0.05) is 12.1 Å². The van der Waals surface area contributed by atoms with Crippen LogP contribution in [-0.2, 0) is 6.54 Å². The molecule has 6 nitrogen and oxygen atoms in total. The first-order chi connectivity index (χ1) is 9.10. The van der Waals surface area contributed by atoms with E-state index in [0.717, 1.165) is 11.1 Å². The van der Waals surface area contributed by atoms with Crippen LogP contribution in [0, 0.1) is 10.1 Å². The minimum atomic E-state index is -0.540. The number of nitrogens with zero attached hydrogens (tertiary/aromatic N) is 3. The SMILES string of the molecule is CSc1ccc(C(=O)Cn2cc([N+](=O)[O-])cn2)cc1. The number of aromatic nitrogens is 2. The number of carbonyl (C=O) groups is 1. The lowest BCUT2D eigenvalue weighted by Gasteiger charge is -2.02. The second-order valence-electron chi connectivity index (χ2n) is 3.80. The highest BCUT2D eigenvalue weighted by atomic mass is 32.2. The maximum atomic E-state index is 12.0. The predicted molar refractivity (Wildman–Crippen MR) is 71.4 cm³/mol. The highest BCUT2D eigenvalue weighted by Gasteiger charge is 2.12. The first-order valence-corrected chi connectivity index (χ1v) is 6.66. The highest BCUT2D eigenvalue weighted by molar-refractivity contribution is 7.98. The third-order valence-electron chi connectivity index (χ3n) is 2.55. The molecule has 0 saturated carbocycles. The van der Waals surface area contributed by atoms with Gasteiger partial charge in [0.2, 0.25) is 0 Å². The largest absolute Gasteiger partial charge is 0.307 e. The Kier molecular flexibility index (Phi) is 3.96. The van der Waals surface area contributed by atoms with Crippen LogP contribution in [0.1, 0.15) is 10.4 Å². The van der Waals surface area contributed by atoms with Crippen molar-refractivity contribution >= 4 is 23.2 Å². The Labute approximate surface area is 113 Å². The Bertz CT molecular complexity index is 607. The van der Waals surface area contributed by atoms with E-state index in [9.17, 15) is 14.9 Å². The Hall–Kier alpha value is -2.15. The minimum Gasteiger partial charge on any atom is -0.292 e. The van der Waals surface area contributed by atoms with E-state index in [1.54, 1.807) is 23.9 Å². The van der Waals surface area contributed by atoms with Crippen molar-refractivity contribution in [1.82, 2.24) is 9.78 Å². The van der Waals surface area contributed by atoms with Gasteiger partial charge in [0.05, 0.1) is 4.92 Å². The average molecular weight is 277 g/mol. The summed E-state index contributed by atoms with van der Waals surface area (Å²) < 4.78 is 1.27. The molecule has 0 saturated heterocycles. The van der Waals surface area contributed by atoms with E-state index in [-0.39, 0.29) is 18.0 Å². The Morgan fingerprint density at radius 3 is 2.63 bits per heavy atom. The maximum absolute atomic E-state index is 12.0. The lowest BCUT2D eigenvalue weighted by molar-refractivity contribution is -0.385. The normalized spacial score (nSPS) is 10.4. The van der Waals surface area contributed by atoms with Gasteiger partial charge in [0.1, 0.15) is 18.9 Å². The van der Waals surface area contributed by atoms with Crippen molar-refractivity contribution in [1.29, 1.82) is 0 Å². The molecule has 0 spiro atoms. The van der Waals surface area contributed by atoms with Crippen LogP contribution in [-0.4, -0.2) is 26.7 Å². The van der Waals surface area contributed by atoms with Gasteiger partial charge in [-0.25, -0.2) is 0 Å². The molecule has 0 aliphatic rings. The van der Waals surface area contributed by atoms with E-state index in [2.05, 4.69) is 5.10 Å². The topological polar surface area (TPSA) is 78.0 Å². The van der Waals surface area contributed by atoms with Crippen LogP contribution >= 0.6 is 11.8 Å². The van der Waals surface area contributed by atoms with E-state index in [0.29, 0.717) is 5.56 Å². The fraction of sp³-hybridized carbons (Fsp3) is 0.167. The van der Waals surface area contributed by atoms with Gasteiger partial charge < -0.3 is 0 Å². The molecule has 0 bridgehead atoms. The summed E-state index contributed by atoms with van der Waals surface area (Å²) in [5, 5.41) is 14.3. The van der Waals surface area contributed by atoms with Gasteiger partial charge in [-0.15, -0.1) is 11.8 Å². The zero-order valence-electron chi connectivity index (χ0n) is 10.1. The molecule has 19 heavy (non-hydrogen) atoms. The second kappa shape index (κ2) is 5.66. The maximum Gasteiger partial charge on any atom is 0.307 e. The van der Waals surface area contributed by atoms with E-state index in [1.807, 2.05) is 18.4 Å². The van der Waals surface area contributed by atoms with Crippen molar-refractivity contribution in [3.05, 3.63) is 52.3 Å². The van der Waals surface area contributed by atoms with Crippen LogP contribution in [0.25, 0.3) is 0 Å². The zero-order chi connectivity index (χ0) is 13.8. The van der Waals surface area contributed by atoms with Crippen LogP contribution < -0.4 is 0 Å². The smallest absolute Gasteiger partial charge is 0.292 e. The molecule has 7 heteroatoms. The van der Waals surface area contributed by atoms with Gasteiger partial charge >= 0.3 is 5.69 Å². The standard InChI is InChI=1S/C12H11N3O3S/c1-19-11-4-2-9(3-5-11)12(16)8-14-7-10(6-13-14)15(17)18/h2-7H,8H2,1H3. The molecule has 0 amide bonds. The number of nitro groups is 1. The van der Waals surface area contributed by atoms with Crippen LogP contribution in [0.5, 0.6) is 0 Å². The number of carbonyl (C=O) groups excluding carboxylic acids is 1. The van der Waals surface area contributed by atoms with E-state index in [4.69, 9.17) is 0 Å². The third-order valence-corrected chi connectivity index (χ3v) is 3.29. The first-order valence-electron chi connectivity index (χ1n) is 5.44. The monoisotopic (exact) mass is 277 g/mol. The summed E-state index contributed by atoms with van der Waals surface area (Å²) in [6.45, 7) is -0.00749. The van der Waals surface area contributed by atoms with Crippen molar-refractivity contribution in [3.63, 3.8) is 0 Å². The molecule has 2 aromatic rings. The molecule has 1 aromatic carbocycles. The summed E-state index contributed by atoms with van der Waals surface area (Å²) >= 11 is 1.60. The number of thioether (sulfide) groups is 1. The molecule has 0 radical (unpaired) electrons. The summed E-state index contributed by atoms with van der Waals surface area (Å²) in [6.07, 6.45) is 4.33. The first kappa shape index (κ1) is 13.3. The summed E-state index contributed by atoms with van der Waals surface area (Å²) in [6, 6.07) is 7.21. The van der Waals surface area contributed by atoms with Gasteiger partial charge in [-0.05, 0) is 18.4 Å². The molecule has 98 valence electrons. The fourth-order valence-corrected chi connectivity index (χ4v) is 1.96. The summed E-state index contributed by atoms with van der Waals surface area (Å²) in [5.41, 5.74) is 0.446. The molecule has 1 heterocycles. The summed E-state index contributed by atoms with van der Waals surface area (Å²) in [5.74, 6) is -0.134. The average Bonchev–Trinajstić information content (AvgIpc) is 2.87. The third kappa shape index (κ3) is 3.19. The quantitative estimate of drug-likeness (QED) is 0.363. The van der Waals surface area contributed by atoms with Crippen LogP contribution in [0.15, 0.2) is 41.6 Å². The van der Waals surface area contributed by atoms with Crippen molar-refractivity contribution in [2.24, 2.45) is 0 Å². The number of hydrogen-bond acceptors (Lipinski definition) is 5. The van der Waals surface area contributed by atoms with Gasteiger partial charge in [-0.3, -0.25) is 19.6 Å². The molecule has 0 atom stereocenters. The molecule has 0 N–H and O–H groups in total. The van der Waals surface area contributed by atoms with Crippen LogP contribution in [0.3, 0.4) is 0 Å². The number of Topliss-reactive ketones (excluding diaryl/α,β-unsaturated/α-hetero) is 1. The molecule has 1 aromatic heterocycles. The second-order valence-corrected chi connectivity index (χ2v) is 4.68. The lowest BCUT2D eigenvalue weighted by Crippen LogP contribution is -2.10. The molecular weight excluding hydrogens is 266 g/mol. The number of rotatable bonds is 5. The summed E-state index contributed by atoms with van der Waals surface area (Å²) in [7, 11) is 0. The van der Waals surface area contributed by atoms with Gasteiger partial charge in [-0.2, -0.15) is 5.10 Å². The van der Waals surface area contributed by atoms with Crippen molar-refractivity contribution in [2.75, 3.05) is 6.26 Å².